The van der Waals surface area contributed by atoms with Crippen LogP contribution in [0.2, 0.25) is 0 Å². The van der Waals surface area contributed by atoms with E-state index >= 15 is 0 Å². The summed E-state index contributed by atoms with van der Waals surface area (Å²) in [5, 5.41) is 0. The Hall–Kier alpha value is -1.42. The smallest absolute Gasteiger partial charge is 0.466 e. The molecule has 0 aliphatic carbocycles. The number of carbonyl (C=O) groups is 2. The fourth-order valence-corrected chi connectivity index (χ4v) is 6.92. The highest BCUT2D eigenvalue weighted by atomic mass is 16.7. The largest absolute Gasteiger partial charge is 0.508 e. The zero-order chi connectivity index (χ0) is 39.0. The molecular weight excluding hydrogens is 682 g/mol. The Labute approximate surface area is 333 Å². The maximum Gasteiger partial charge on any atom is 0.508 e. The number of rotatable bonds is 40. The number of hydrogen-bond donors (Lipinski definition) is 0. The van der Waals surface area contributed by atoms with Crippen molar-refractivity contribution in [2.24, 2.45) is 0 Å². The van der Waals surface area contributed by atoms with E-state index in [4.69, 9.17) is 28.4 Å². The number of carbonyl (C=O) groups excluding carboxylic acids is 2. The fraction of sp³-hybridized carbons (Fsp3) is 0.956. The molecule has 9 nitrogen and oxygen atoms in total. The number of hydrogen-bond acceptors (Lipinski definition) is 9. The lowest BCUT2D eigenvalue weighted by atomic mass is 10.0. The Kier molecular flexibility index (Phi) is 37.3. The van der Waals surface area contributed by atoms with E-state index in [2.05, 4.69) is 25.7 Å². The molecule has 0 radical (unpaired) electrons. The molecule has 0 aromatic rings. The van der Waals surface area contributed by atoms with Crippen molar-refractivity contribution in [3.05, 3.63) is 0 Å². The summed E-state index contributed by atoms with van der Waals surface area (Å²) in [5.41, 5.74) is 0. The lowest BCUT2D eigenvalue weighted by Crippen LogP contribution is -2.37. The zero-order valence-electron chi connectivity index (χ0n) is 35.7. The third kappa shape index (κ3) is 33.9. The SMILES string of the molecule is CCCCCCCCCCCCCCCOC(=O)CC(CCC(OCCCCCCCC)OCCCCCCCC)OC(=O)OCCCN1CCOCC1. The Morgan fingerprint density at radius 2 is 0.944 bits per heavy atom. The minimum absolute atomic E-state index is 0.00288. The van der Waals surface area contributed by atoms with Crippen LogP contribution >= 0.6 is 0 Å². The topological polar surface area (TPSA) is 92.8 Å². The molecule has 0 aromatic heterocycles. The summed E-state index contributed by atoms with van der Waals surface area (Å²) in [7, 11) is 0. The van der Waals surface area contributed by atoms with Crippen molar-refractivity contribution in [2.75, 3.05) is 59.3 Å². The standard InChI is InChI=1S/C45H87NO8/c1-4-7-10-13-16-17-18-19-20-21-22-25-26-35-50-43(47)41-42(54-45(48)53-38-29-32-46-33-39-49-40-34-46)30-31-44(51-36-27-23-14-11-8-5-2)52-37-28-24-15-12-9-6-3/h42,44H,4-41H2,1-3H3. The van der Waals surface area contributed by atoms with Crippen LogP contribution < -0.4 is 0 Å². The van der Waals surface area contributed by atoms with E-state index in [1.54, 1.807) is 0 Å². The van der Waals surface area contributed by atoms with Gasteiger partial charge in [0.2, 0.25) is 0 Å². The number of nitrogens with zero attached hydrogens (tertiary/aromatic N) is 1. The summed E-state index contributed by atoms with van der Waals surface area (Å²) in [6.45, 7) is 12.8. The van der Waals surface area contributed by atoms with Crippen molar-refractivity contribution < 1.29 is 38.0 Å². The first kappa shape index (κ1) is 50.6. The summed E-state index contributed by atoms with van der Waals surface area (Å²) >= 11 is 0. The van der Waals surface area contributed by atoms with Crippen molar-refractivity contribution in [1.29, 1.82) is 0 Å². The first-order valence-corrected chi connectivity index (χ1v) is 23.1. The van der Waals surface area contributed by atoms with Crippen molar-refractivity contribution in [2.45, 2.75) is 219 Å². The molecule has 0 amide bonds. The second-order valence-corrected chi connectivity index (χ2v) is 15.6. The molecule has 0 spiro atoms. The van der Waals surface area contributed by atoms with Gasteiger partial charge in [-0.25, -0.2) is 4.79 Å². The van der Waals surface area contributed by atoms with Gasteiger partial charge in [0.25, 0.3) is 0 Å². The van der Waals surface area contributed by atoms with Gasteiger partial charge in [-0.3, -0.25) is 9.69 Å². The monoisotopic (exact) mass is 770 g/mol. The molecule has 1 rings (SSSR count). The molecule has 0 bridgehead atoms. The molecule has 54 heavy (non-hydrogen) atoms. The highest BCUT2D eigenvalue weighted by Gasteiger charge is 2.23. The Bertz CT molecular complexity index is 791. The van der Waals surface area contributed by atoms with Crippen LogP contribution in [0.25, 0.3) is 0 Å². The van der Waals surface area contributed by atoms with Crippen LogP contribution in [-0.2, 0) is 33.2 Å². The summed E-state index contributed by atoms with van der Waals surface area (Å²) < 4.78 is 34.7. The van der Waals surface area contributed by atoms with Gasteiger partial charge in [-0.15, -0.1) is 0 Å². The quantitative estimate of drug-likeness (QED) is 0.0343. The van der Waals surface area contributed by atoms with Crippen LogP contribution in [0.4, 0.5) is 4.79 Å². The summed E-state index contributed by atoms with van der Waals surface area (Å²) in [4.78, 5) is 28.0. The van der Waals surface area contributed by atoms with Gasteiger partial charge >= 0.3 is 12.1 Å². The van der Waals surface area contributed by atoms with Gasteiger partial charge in [0.05, 0.1) is 32.8 Å². The van der Waals surface area contributed by atoms with E-state index in [-0.39, 0.29) is 19.0 Å². The Balaban J connectivity index is 2.52. The van der Waals surface area contributed by atoms with Gasteiger partial charge in [0, 0.05) is 39.3 Å². The molecular formula is C45H87NO8. The van der Waals surface area contributed by atoms with Crippen molar-refractivity contribution in [3.63, 3.8) is 0 Å². The van der Waals surface area contributed by atoms with E-state index in [0.717, 1.165) is 77.8 Å². The zero-order valence-corrected chi connectivity index (χ0v) is 35.7. The van der Waals surface area contributed by atoms with E-state index < -0.39 is 18.5 Å². The second kappa shape index (κ2) is 39.8. The molecule has 1 heterocycles. The van der Waals surface area contributed by atoms with E-state index in [9.17, 15) is 9.59 Å². The Morgan fingerprint density at radius 3 is 1.43 bits per heavy atom. The highest BCUT2D eigenvalue weighted by Crippen LogP contribution is 2.17. The summed E-state index contributed by atoms with van der Waals surface area (Å²) in [6.07, 6.45) is 30.8. The molecule has 1 aliphatic heterocycles. The van der Waals surface area contributed by atoms with Crippen molar-refractivity contribution in [1.82, 2.24) is 4.90 Å². The molecule has 1 fully saturated rings. The molecule has 1 saturated heterocycles. The minimum atomic E-state index is -0.733. The van der Waals surface area contributed by atoms with Gasteiger partial charge in [0.15, 0.2) is 6.29 Å². The lowest BCUT2D eigenvalue weighted by molar-refractivity contribution is -0.155. The van der Waals surface area contributed by atoms with Crippen LogP contribution in [0.15, 0.2) is 0 Å². The normalized spacial score (nSPS) is 14.1. The maximum atomic E-state index is 12.9. The van der Waals surface area contributed by atoms with Gasteiger partial charge in [-0.2, -0.15) is 0 Å². The van der Waals surface area contributed by atoms with Gasteiger partial charge in [-0.1, -0.05) is 162 Å². The predicted molar refractivity (Wildman–Crippen MR) is 221 cm³/mol. The number of ether oxygens (including phenoxy) is 6. The average molecular weight is 770 g/mol. The molecule has 1 aliphatic rings. The summed E-state index contributed by atoms with van der Waals surface area (Å²) in [6, 6.07) is 0. The van der Waals surface area contributed by atoms with Gasteiger partial charge in [0.1, 0.15) is 6.10 Å². The minimum Gasteiger partial charge on any atom is -0.466 e. The number of esters is 1. The molecule has 320 valence electrons. The van der Waals surface area contributed by atoms with Crippen LogP contribution in [0, 0.1) is 0 Å². The van der Waals surface area contributed by atoms with E-state index in [1.165, 1.54) is 122 Å². The number of morpholine rings is 1. The molecule has 0 aromatic carbocycles. The first-order chi connectivity index (χ1) is 26.6. The molecule has 9 heteroatoms. The molecule has 0 N–H and O–H groups in total. The molecule has 1 atom stereocenters. The Morgan fingerprint density at radius 1 is 0.519 bits per heavy atom. The van der Waals surface area contributed by atoms with E-state index in [0.29, 0.717) is 32.7 Å². The van der Waals surface area contributed by atoms with Crippen LogP contribution in [0.1, 0.15) is 207 Å². The lowest BCUT2D eigenvalue weighted by Gasteiger charge is -2.26. The average Bonchev–Trinajstić information content (AvgIpc) is 3.18. The molecule has 1 unspecified atom stereocenters. The second-order valence-electron chi connectivity index (χ2n) is 15.6. The van der Waals surface area contributed by atoms with Crippen molar-refractivity contribution in [3.8, 4) is 0 Å². The molecule has 0 saturated carbocycles. The number of unbranched alkanes of at least 4 members (excludes halogenated alkanes) is 22. The van der Waals surface area contributed by atoms with Crippen LogP contribution in [0.3, 0.4) is 0 Å². The fourth-order valence-electron chi connectivity index (χ4n) is 6.92. The highest BCUT2D eigenvalue weighted by molar-refractivity contribution is 5.70. The first-order valence-electron chi connectivity index (χ1n) is 23.1. The maximum absolute atomic E-state index is 12.9. The van der Waals surface area contributed by atoms with Gasteiger partial charge in [-0.05, 0) is 32.1 Å². The third-order valence-electron chi connectivity index (χ3n) is 10.4. The van der Waals surface area contributed by atoms with Crippen molar-refractivity contribution >= 4 is 12.1 Å². The summed E-state index contributed by atoms with van der Waals surface area (Å²) in [5.74, 6) is -0.336. The van der Waals surface area contributed by atoms with Gasteiger partial charge < -0.3 is 28.4 Å². The van der Waals surface area contributed by atoms with Crippen LogP contribution in [-0.4, -0.2) is 88.7 Å². The predicted octanol–water partition coefficient (Wildman–Crippen LogP) is 12.1. The van der Waals surface area contributed by atoms with E-state index in [1.807, 2.05) is 0 Å². The third-order valence-corrected chi connectivity index (χ3v) is 10.4. The van der Waals surface area contributed by atoms with Crippen LogP contribution in [0.5, 0.6) is 0 Å².